The lowest BCUT2D eigenvalue weighted by molar-refractivity contribution is 0.849. The fourth-order valence-electron chi connectivity index (χ4n) is 1.48. The average molecular weight is 213 g/mol. The summed E-state index contributed by atoms with van der Waals surface area (Å²) < 4.78 is 0. The Balaban J connectivity index is 2.44. The Kier molecular flexibility index (Phi) is 5.79. The first kappa shape index (κ1) is 12.3. The molecule has 0 amide bonds. The van der Waals surface area contributed by atoms with Crippen molar-refractivity contribution in [2.24, 2.45) is 0 Å². The molecule has 1 aromatic rings. The first-order valence-electron chi connectivity index (χ1n) is 5.54. The quantitative estimate of drug-likeness (QED) is 0.679. The van der Waals surface area contributed by atoms with Crippen LogP contribution in [0.4, 0.5) is 0 Å². The highest BCUT2D eigenvalue weighted by molar-refractivity contribution is 5.15. The van der Waals surface area contributed by atoms with E-state index in [-0.39, 0.29) is 0 Å². The maximum atomic E-state index is 3.75. The highest BCUT2D eigenvalue weighted by atomic mass is 14.8. The molecule has 1 rings (SSSR count). The molecular weight excluding hydrogens is 194 g/mol. The second kappa shape index (κ2) is 7.52. The SMILES string of the molecule is C=CCC(=CNCc1ccccc1)CC=C. The first-order valence-corrected chi connectivity index (χ1v) is 5.54. The summed E-state index contributed by atoms with van der Waals surface area (Å²) in [4.78, 5) is 0. The molecule has 0 unspecified atom stereocenters. The normalized spacial score (nSPS) is 9.25. The molecular formula is C15H19N. The third-order valence-electron chi connectivity index (χ3n) is 2.27. The summed E-state index contributed by atoms with van der Waals surface area (Å²) in [7, 11) is 0. The monoisotopic (exact) mass is 213 g/mol. The molecule has 0 bridgehead atoms. The third-order valence-corrected chi connectivity index (χ3v) is 2.27. The zero-order valence-electron chi connectivity index (χ0n) is 9.65. The number of rotatable bonds is 7. The molecule has 0 fully saturated rings. The molecule has 0 radical (unpaired) electrons. The van der Waals surface area contributed by atoms with E-state index < -0.39 is 0 Å². The van der Waals surface area contributed by atoms with Crippen LogP contribution in [0.25, 0.3) is 0 Å². The molecule has 0 aliphatic heterocycles. The van der Waals surface area contributed by atoms with Gasteiger partial charge in [-0.25, -0.2) is 0 Å². The molecule has 0 aromatic heterocycles. The molecule has 0 aliphatic rings. The predicted octanol–water partition coefficient (Wildman–Crippen LogP) is 3.81. The van der Waals surface area contributed by atoms with Gasteiger partial charge in [0.25, 0.3) is 0 Å². The molecule has 0 heterocycles. The molecule has 1 nitrogen and oxygen atoms in total. The Labute approximate surface area is 98.2 Å². The largest absolute Gasteiger partial charge is 0.387 e. The highest BCUT2D eigenvalue weighted by Gasteiger charge is 1.92. The first-order chi connectivity index (χ1) is 7.86. The summed E-state index contributed by atoms with van der Waals surface area (Å²) in [6, 6.07) is 10.4. The summed E-state index contributed by atoms with van der Waals surface area (Å²) in [6.07, 6.45) is 7.72. The molecule has 16 heavy (non-hydrogen) atoms. The van der Waals surface area contributed by atoms with Crippen LogP contribution >= 0.6 is 0 Å². The Hall–Kier alpha value is -1.76. The van der Waals surface area contributed by atoms with E-state index in [2.05, 4.69) is 48.9 Å². The van der Waals surface area contributed by atoms with Crippen LogP contribution in [0.3, 0.4) is 0 Å². The molecule has 0 atom stereocenters. The highest BCUT2D eigenvalue weighted by Crippen LogP contribution is 2.07. The van der Waals surface area contributed by atoms with E-state index >= 15 is 0 Å². The van der Waals surface area contributed by atoms with E-state index in [1.807, 2.05) is 18.2 Å². The Bertz CT molecular complexity index is 337. The molecule has 1 N–H and O–H groups in total. The van der Waals surface area contributed by atoms with E-state index in [0.29, 0.717) is 0 Å². The van der Waals surface area contributed by atoms with Crippen LogP contribution in [-0.2, 0) is 6.54 Å². The molecule has 0 saturated carbocycles. The molecule has 1 aromatic carbocycles. The third kappa shape index (κ3) is 4.65. The molecule has 0 saturated heterocycles. The molecule has 0 spiro atoms. The number of benzene rings is 1. The van der Waals surface area contributed by atoms with Crippen LogP contribution in [0.2, 0.25) is 0 Å². The van der Waals surface area contributed by atoms with Crippen molar-refractivity contribution in [3.05, 3.63) is 73.0 Å². The predicted molar refractivity (Wildman–Crippen MR) is 71.0 cm³/mol. The lowest BCUT2D eigenvalue weighted by Gasteiger charge is -2.04. The van der Waals surface area contributed by atoms with Gasteiger partial charge in [-0.3, -0.25) is 0 Å². The second-order valence-corrected chi connectivity index (χ2v) is 3.65. The summed E-state index contributed by atoms with van der Waals surface area (Å²) >= 11 is 0. The lowest BCUT2D eigenvalue weighted by atomic mass is 10.1. The van der Waals surface area contributed by atoms with Crippen molar-refractivity contribution < 1.29 is 0 Å². The topological polar surface area (TPSA) is 12.0 Å². The van der Waals surface area contributed by atoms with Crippen LogP contribution in [0, 0.1) is 0 Å². The smallest absolute Gasteiger partial charge is 0.0395 e. The molecule has 1 heteroatoms. The van der Waals surface area contributed by atoms with Gasteiger partial charge in [0.1, 0.15) is 0 Å². The standard InChI is InChI=1S/C15H19N/c1-3-8-14(9-4-2)12-16-13-15-10-6-5-7-11-15/h3-7,10-12,16H,1-2,8-9,13H2. The number of hydrogen-bond donors (Lipinski definition) is 1. The van der Waals surface area contributed by atoms with Gasteiger partial charge >= 0.3 is 0 Å². The summed E-state index contributed by atoms with van der Waals surface area (Å²) in [6.45, 7) is 8.35. The van der Waals surface area contributed by atoms with E-state index in [0.717, 1.165) is 19.4 Å². The summed E-state index contributed by atoms with van der Waals surface area (Å²) in [5.41, 5.74) is 2.59. The fourth-order valence-corrected chi connectivity index (χ4v) is 1.48. The number of allylic oxidation sites excluding steroid dienone is 3. The van der Waals surface area contributed by atoms with E-state index in [1.165, 1.54) is 11.1 Å². The van der Waals surface area contributed by atoms with Crippen molar-refractivity contribution in [3.8, 4) is 0 Å². The van der Waals surface area contributed by atoms with Crippen LogP contribution < -0.4 is 5.32 Å². The van der Waals surface area contributed by atoms with Crippen LogP contribution in [0.5, 0.6) is 0 Å². The Morgan fingerprint density at radius 3 is 2.25 bits per heavy atom. The minimum absolute atomic E-state index is 0.860. The van der Waals surface area contributed by atoms with E-state index in [4.69, 9.17) is 0 Å². The van der Waals surface area contributed by atoms with Gasteiger partial charge < -0.3 is 5.32 Å². The van der Waals surface area contributed by atoms with Crippen molar-refractivity contribution in [1.82, 2.24) is 5.32 Å². The maximum Gasteiger partial charge on any atom is 0.0395 e. The number of nitrogens with one attached hydrogen (secondary N) is 1. The van der Waals surface area contributed by atoms with E-state index in [1.54, 1.807) is 0 Å². The van der Waals surface area contributed by atoms with Crippen molar-refractivity contribution in [2.75, 3.05) is 0 Å². The summed E-state index contributed by atoms with van der Waals surface area (Å²) in [5.74, 6) is 0. The van der Waals surface area contributed by atoms with Gasteiger partial charge in [-0.1, -0.05) is 42.5 Å². The van der Waals surface area contributed by atoms with Gasteiger partial charge in [-0.15, -0.1) is 13.2 Å². The zero-order chi connectivity index (χ0) is 11.6. The van der Waals surface area contributed by atoms with Crippen molar-refractivity contribution in [1.29, 1.82) is 0 Å². The van der Waals surface area contributed by atoms with Gasteiger partial charge in [0.05, 0.1) is 0 Å². The second-order valence-electron chi connectivity index (χ2n) is 3.65. The van der Waals surface area contributed by atoms with Gasteiger partial charge in [-0.2, -0.15) is 0 Å². The van der Waals surface area contributed by atoms with Crippen LogP contribution in [0.1, 0.15) is 18.4 Å². The van der Waals surface area contributed by atoms with Gasteiger partial charge in [0, 0.05) is 6.54 Å². The van der Waals surface area contributed by atoms with Gasteiger partial charge in [0.2, 0.25) is 0 Å². The maximum absolute atomic E-state index is 3.75. The van der Waals surface area contributed by atoms with Crippen LogP contribution in [-0.4, -0.2) is 0 Å². The minimum atomic E-state index is 0.860. The molecule has 84 valence electrons. The van der Waals surface area contributed by atoms with Gasteiger partial charge in [-0.05, 0) is 30.2 Å². The van der Waals surface area contributed by atoms with Crippen LogP contribution in [0.15, 0.2) is 67.4 Å². The van der Waals surface area contributed by atoms with Crippen molar-refractivity contribution in [2.45, 2.75) is 19.4 Å². The van der Waals surface area contributed by atoms with Crippen molar-refractivity contribution in [3.63, 3.8) is 0 Å². The average Bonchev–Trinajstić information content (AvgIpc) is 2.31. The zero-order valence-corrected chi connectivity index (χ0v) is 9.65. The van der Waals surface area contributed by atoms with Gasteiger partial charge in [0.15, 0.2) is 0 Å². The fraction of sp³-hybridized carbons (Fsp3) is 0.200. The molecule has 0 aliphatic carbocycles. The Morgan fingerprint density at radius 2 is 1.69 bits per heavy atom. The Morgan fingerprint density at radius 1 is 1.06 bits per heavy atom. The number of hydrogen-bond acceptors (Lipinski definition) is 1. The summed E-state index contributed by atoms with van der Waals surface area (Å²) in [5, 5.41) is 3.31. The van der Waals surface area contributed by atoms with Crippen molar-refractivity contribution >= 4 is 0 Å². The van der Waals surface area contributed by atoms with E-state index in [9.17, 15) is 0 Å². The lowest BCUT2D eigenvalue weighted by Crippen LogP contribution is -2.05. The minimum Gasteiger partial charge on any atom is -0.387 e.